The third-order valence-corrected chi connectivity index (χ3v) is 5.32. The molecule has 0 aliphatic carbocycles. The summed E-state index contributed by atoms with van der Waals surface area (Å²) in [5.74, 6) is 2.07. The Bertz CT molecular complexity index is 1130. The van der Waals surface area contributed by atoms with Crippen LogP contribution in [-0.4, -0.2) is 43.8 Å². The molecule has 0 radical (unpaired) electrons. The van der Waals surface area contributed by atoms with Crippen LogP contribution in [0.25, 0.3) is 16.6 Å². The molecule has 1 unspecified atom stereocenters. The lowest BCUT2D eigenvalue weighted by atomic mass is 10.2. The molecule has 0 bridgehead atoms. The number of rotatable bonds is 5. The Hall–Kier alpha value is -3.45. The van der Waals surface area contributed by atoms with Gasteiger partial charge in [0, 0.05) is 17.6 Å². The molecule has 1 aliphatic rings. The number of imidazole rings is 1. The normalized spacial score (nSPS) is 16.4. The molecule has 2 aromatic carbocycles. The van der Waals surface area contributed by atoms with Crippen molar-refractivity contribution in [3.63, 3.8) is 0 Å². The zero-order valence-electron chi connectivity index (χ0n) is 15.9. The molecule has 2 N–H and O–H groups in total. The summed E-state index contributed by atoms with van der Waals surface area (Å²) in [5, 5.41) is 14.0. The van der Waals surface area contributed by atoms with E-state index in [2.05, 4.69) is 15.2 Å². The van der Waals surface area contributed by atoms with Crippen LogP contribution in [-0.2, 0) is 0 Å². The average molecular weight is 386 g/mol. The van der Waals surface area contributed by atoms with Crippen molar-refractivity contribution in [2.45, 2.75) is 18.9 Å². The van der Waals surface area contributed by atoms with Gasteiger partial charge in [0.25, 0.3) is 0 Å². The van der Waals surface area contributed by atoms with Gasteiger partial charge < -0.3 is 19.9 Å². The molecule has 146 valence electrons. The number of benzene rings is 2. The number of fused-ring (bicyclic) bond motifs is 1. The largest absolute Gasteiger partial charge is 0.394 e. The first-order valence-electron chi connectivity index (χ1n) is 9.82. The van der Waals surface area contributed by atoms with Crippen molar-refractivity contribution >= 4 is 28.5 Å². The number of hydrogen-bond donors (Lipinski definition) is 2. The number of hydrogen-bond acceptors (Lipinski definition) is 6. The average Bonchev–Trinajstić information content (AvgIpc) is 3.44. The summed E-state index contributed by atoms with van der Waals surface area (Å²) in [7, 11) is 0. The number of nitrogens with one attached hydrogen (secondary N) is 1. The van der Waals surface area contributed by atoms with Crippen LogP contribution in [0.3, 0.4) is 0 Å². The molecule has 5 rings (SSSR count). The van der Waals surface area contributed by atoms with E-state index in [1.807, 2.05) is 65.4 Å². The summed E-state index contributed by atoms with van der Waals surface area (Å²) >= 11 is 0. The highest BCUT2D eigenvalue weighted by Crippen LogP contribution is 2.29. The van der Waals surface area contributed by atoms with Gasteiger partial charge in [0.2, 0.25) is 5.95 Å². The van der Waals surface area contributed by atoms with Gasteiger partial charge in [-0.1, -0.05) is 30.3 Å². The molecule has 0 amide bonds. The summed E-state index contributed by atoms with van der Waals surface area (Å²) in [6.07, 6.45) is 5.71. The van der Waals surface area contributed by atoms with Crippen LogP contribution in [0.2, 0.25) is 0 Å². The van der Waals surface area contributed by atoms with E-state index in [4.69, 9.17) is 9.97 Å². The highest BCUT2D eigenvalue weighted by Gasteiger charge is 2.26. The number of aliphatic hydroxyl groups is 1. The minimum absolute atomic E-state index is 0.0706. The van der Waals surface area contributed by atoms with Crippen molar-refractivity contribution in [1.82, 2.24) is 19.5 Å². The van der Waals surface area contributed by atoms with Gasteiger partial charge in [-0.2, -0.15) is 4.98 Å². The van der Waals surface area contributed by atoms with Crippen LogP contribution in [0.5, 0.6) is 0 Å². The monoisotopic (exact) mass is 386 g/mol. The molecule has 2 aromatic heterocycles. The van der Waals surface area contributed by atoms with Gasteiger partial charge in [-0.15, -0.1) is 0 Å². The lowest BCUT2D eigenvalue weighted by molar-refractivity contribution is 0.265. The fraction of sp³-hybridized carbons (Fsp3) is 0.227. The predicted octanol–water partition coefficient (Wildman–Crippen LogP) is 3.52. The molecule has 1 aliphatic heterocycles. The lowest BCUT2D eigenvalue weighted by Gasteiger charge is -2.23. The Kier molecular flexibility index (Phi) is 4.57. The van der Waals surface area contributed by atoms with Gasteiger partial charge in [-0.3, -0.25) is 0 Å². The summed E-state index contributed by atoms with van der Waals surface area (Å²) in [4.78, 5) is 16.1. The second kappa shape index (κ2) is 7.52. The van der Waals surface area contributed by atoms with E-state index in [1.54, 1.807) is 6.33 Å². The molecular formula is C22H22N6O. The highest BCUT2D eigenvalue weighted by molar-refractivity contribution is 5.91. The zero-order chi connectivity index (χ0) is 19.6. The highest BCUT2D eigenvalue weighted by atomic mass is 16.3. The maximum absolute atomic E-state index is 9.70. The Labute approximate surface area is 168 Å². The van der Waals surface area contributed by atoms with Gasteiger partial charge in [0.1, 0.15) is 18.0 Å². The topological polar surface area (TPSA) is 79.1 Å². The second-order valence-corrected chi connectivity index (χ2v) is 7.19. The Balaban J connectivity index is 1.52. The SMILES string of the molecule is OCC1CCCN1c1nc(Nc2cn(-c3ccccc3)cn2)c2ccccc2n1. The van der Waals surface area contributed by atoms with Crippen molar-refractivity contribution in [3.05, 3.63) is 67.1 Å². The quantitative estimate of drug-likeness (QED) is 0.546. The van der Waals surface area contributed by atoms with E-state index < -0.39 is 0 Å². The summed E-state index contributed by atoms with van der Waals surface area (Å²) in [6, 6.07) is 18.1. The third-order valence-electron chi connectivity index (χ3n) is 5.32. The van der Waals surface area contributed by atoms with E-state index in [1.165, 1.54) is 0 Å². The molecule has 7 heteroatoms. The second-order valence-electron chi connectivity index (χ2n) is 7.19. The van der Waals surface area contributed by atoms with E-state index in [-0.39, 0.29) is 12.6 Å². The van der Waals surface area contributed by atoms with Crippen molar-refractivity contribution in [2.75, 3.05) is 23.4 Å². The molecule has 1 saturated heterocycles. The molecule has 1 atom stereocenters. The zero-order valence-corrected chi connectivity index (χ0v) is 15.9. The number of aliphatic hydroxyl groups excluding tert-OH is 1. The fourth-order valence-corrected chi connectivity index (χ4v) is 3.83. The molecule has 29 heavy (non-hydrogen) atoms. The summed E-state index contributed by atoms with van der Waals surface area (Å²) < 4.78 is 1.97. The van der Waals surface area contributed by atoms with Gasteiger partial charge in [0.15, 0.2) is 0 Å². The summed E-state index contributed by atoms with van der Waals surface area (Å²) in [5.41, 5.74) is 1.91. The standard InChI is InChI=1S/C22H22N6O/c29-14-17-9-6-12-28(17)22-24-19-11-5-4-10-18(19)21(26-22)25-20-13-27(15-23-20)16-7-2-1-3-8-16/h1-5,7-8,10-11,13,15,17,29H,6,9,12,14H2,(H,24,25,26). The predicted molar refractivity (Wildman–Crippen MR) is 114 cm³/mol. The maximum atomic E-state index is 9.70. The minimum atomic E-state index is 0.0706. The lowest BCUT2D eigenvalue weighted by Crippen LogP contribution is -2.33. The Morgan fingerprint density at radius 3 is 2.72 bits per heavy atom. The van der Waals surface area contributed by atoms with Crippen LogP contribution < -0.4 is 10.2 Å². The van der Waals surface area contributed by atoms with Crippen LogP contribution in [0, 0.1) is 0 Å². The Morgan fingerprint density at radius 1 is 1.03 bits per heavy atom. The van der Waals surface area contributed by atoms with Crippen LogP contribution >= 0.6 is 0 Å². The van der Waals surface area contributed by atoms with E-state index in [0.717, 1.165) is 36.0 Å². The minimum Gasteiger partial charge on any atom is -0.394 e. The van der Waals surface area contributed by atoms with Crippen molar-refractivity contribution < 1.29 is 5.11 Å². The molecular weight excluding hydrogens is 364 g/mol. The van der Waals surface area contributed by atoms with Crippen LogP contribution in [0.15, 0.2) is 67.1 Å². The first-order chi connectivity index (χ1) is 14.3. The van der Waals surface area contributed by atoms with Crippen LogP contribution in [0.1, 0.15) is 12.8 Å². The van der Waals surface area contributed by atoms with Crippen molar-refractivity contribution in [3.8, 4) is 5.69 Å². The van der Waals surface area contributed by atoms with Gasteiger partial charge >= 0.3 is 0 Å². The van der Waals surface area contributed by atoms with E-state index >= 15 is 0 Å². The number of aromatic nitrogens is 4. The fourth-order valence-electron chi connectivity index (χ4n) is 3.83. The first kappa shape index (κ1) is 17.6. The van der Waals surface area contributed by atoms with E-state index in [9.17, 15) is 5.11 Å². The van der Waals surface area contributed by atoms with E-state index in [0.29, 0.717) is 17.6 Å². The molecule has 0 spiro atoms. The molecule has 7 nitrogen and oxygen atoms in total. The van der Waals surface area contributed by atoms with Gasteiger partial charge in [-0.05, 0) is 37.1 Å². The third kappa shape index (κ3) is 3.40. The number of anilines is 3. The molecule has 0 saturated carbocycles. The number of para-hydroxylation sites is 2. The van der Waals surface area contributed by atoms with Crippen molar-refractivity contribution in [1.29, 1.82) is 0 Å². The van der Waals surface area contributed by atoms with Gasteiger partial charge in [-0.25, -0.2) is 9.97 Å². The summed E-state index contributed by atoms with van der Waals surface area (Å²) in [6.45, 7) is 0.964. The van der Waals surface area contributed by atoms with Gasteiger partial charge in [0.05, 0.1) is 24.4 Å². The Morgan fingerprint density at radius 2 is 1.86 bits per heavy atom. The number of nitrogens with zero attached hydrogens (tertiary/aromatic N) is 5. The molecule has 1 fully saturated rings. The molecule has 3 heterocycles. The molecule has 4 aromatic rings. The van der Waals surface area contributed by atoms with Crippen molar-refractivity contribution in [2.24, 2.45) is 0 Å². The van der Waals surface area contributed by atoms with Crippen LogP contribution in [0.4, 0.5) is 17.6 Å². The maximum Gasteiger partial charge on any atom is 0.228 e. The first-order valence-corrected chi connectivity index (χ1v) is 9.82. The smallest absolute Gasteiger partial charge is 0.228 e.